The van der Waals surface area contributed by atoms with Gasteiger partial charge in [0.15, 0.2) is 0 Å². The van der Waals surface area contributed by atoms with Crippen molar-refractivity contribution in [2.45, 2.75) is 6.17 Å². The van der Waals surface area contributed by atoms with E-state index in [4.69, 9.17) is 11.5 Å². The van der Waals surface area contributed by atoms with E-state index in [-0.39, 0.29) is 6.17 Å². The number of rotatable bonds is 2. The highest BCUT2D eigenvalue weighted by Crippen LogP contribution is 1.74. The van der Waals surface area contributed by atoms with E-state index in [2.05, 4.69) is 30.2 Å². The lowest BCUT2D eigenvalue weighted by atomic mass is 10.5. The predicted molar refractivity (Wildman–Crippen MR) is 41.7 cm³/mol. The first-order chi connectivity index (χ1) is 3.63. The van der Waals surface area contributed by atoms with Crippen LogP contribution in [-0.4, -0.2) is 17.0 Å². The van der Waals surface area contributed by atoms with E-state index in [0.717, 1.165) is 0 Å². The van der Waals surface area contributed by atoms with Crippen molar-refractivity contribution in [1.82, 2.24) is 5.32 Å². The standard InChI is InChI=1S/C3H9N3S2/c4-2(5)1-6-3(7)8/h2H,1,4-5H2,(H2,6,7,8). The Kier molecular flexibility index (Phi) is 4.16. The molecule has 0 bridgehead atoms. The third-order valence-corrected chi connectivity index (χ3v) is 0.791. The minimum absolute atomic E-state index is 0.361. The first-order valence-electron chi connectivity index (χ1n) is 2.11. The molecular weight excluding hydrogens is 142 g/mol. The van der Waals surface area contributed by atoms with Gasteiger partial charge in [-0.3, -0.25) is 0 Å². The van der Waals surface area contributed by atoms with Gasteiger partial charge in [0.05, 0.1) is 6.17 Å². The molecule has 0 aliphatic carbocycles. The maximum Gasteiger partial charge on any atom is 0.130 e. The number of thiol groups is 1. The first kappa shape index (κ1) is 8.16. The van der Waals surface area contributed by atoms with Gasteiger partial charge < -0.3 is 16.8 Å². The molecule has 0 aromatic rings. The van der Waals surface area contributed by atoms with E-state index in [9.17, 15) is 0 Å². The molecule has 0 aliphatic heterocycles. The molecular formula is C3H9N3S2. The summed E-state index contributed by atoms with van der Waals surface area (Å²) in [7, 11) is 0. The third kappa shape index (κ3) is 6.16. The van der Waals surface area contributed by atoms with E-state index >= 15 is 0 Å². The number of hydrogen-bond donors (Lipinski definition) is 4. The zero-order valence-corrected chi connectivity index (χ0v) is 6.01. The highest BCUT2D eigenvalue weighted by molar-refractivity contribution is 8.11. The molecule has 0 heterocycles. The zero-order chi connectivity index (χ0) is 6.57. The minimum atomic E-state index is -0.361. The Bertz CT molecular complexity index is 82.6. The summed E-state index contributed by atoms with van der Waals surface area (Å²) in [6.45, 7) is 0.475. The maximum atomic E-state index is 5.16. The van der Waals surface area contributed by atoms with Crippen molar-refractivity contribution in [3.63, 3.8) is 0 Å². The maximum absolute atomic E-state index is 5.16. The Morgan fingerprint density at radius 2 is 2.25 bits per heavy atom. The average molecular weight is 151 g/mol. The number of thiocarbonyl (C=S) groups is 1. The fourth-order valence-electron chi connectivity index (χ4n) is 0.205. The summed E-state index contributed by atoms with van der Waals surface area (Å²) in [4.78, 5) is 0. The van der Waals surface area contributed by atoms with Crippen molar-refractivity contribution in [2.75, 3.05) is 6.54 Å². The molecule has 8 heavy (non-hydrogen) atoms. The molecule has 3 nitrogen and oxygen atoms in total. The van der Waals surface area contributed by atoms with E-state index in [1.54, 1.807) is 0 Å². The van der Waals surface area contributed by atoms with Gasteiger partial charge in [0, 0.05) is 6.54 Å². The SMILES string of the molecule is NC(N)CNC(=S)S. The van der Waals surface area contributed by atoms with E-state index < -0.39 is 0 Å². The Hall–Kier alpha value is 0.160. The quantitative estimate of drug-likeness (QED) is 0.233. The van der Waals surface area contributed by atoms with Crippen LogP contribution in [-0.2, 0) is 0 Å². The highest BCUT2D eigenvalue weighted by Gasteiger charge is 1.90. The van der Waals surface area contributed by atoms with Gasteiger partial charge in [-0.25, -0.2) is 0 Å². The van der Waals surface area contributed by atoms with Crippen molar-refractivity contribution in [2.24, 2.45) is 11.5 Å². The number of nitrogens with two attached hydrogens (primary N) is 2. The highest BCUT2D eigenvalue weighted by atomic mass is 32.1. The van der Waals surface area contributed by atoms with Crippen LogP contribution >= 0.6 is 24.8 Å². The number of nitrogens with one attached hydrogen (secondary N) is 1. The molecule has 0 saturated heterocycles. The fourth-order valence-corrected chi connectivity index (χ4v) is 0.380. The molecule has 5 N–H and O–H groups in total. The lowest BCUT2D eigenvalue weighted by Crippen LogP contribution is -2.41. The molecule has 0 radical (unpaired) electrons. The molecule has 5 heteroatoms. The van der Waals surface area contributed by atoms with Crippen LogP contribution < -0.4 is 16.8 Å². The van der Waals surface area contributed by atoms with Crippen LogP contribution in [0.1, 0.15) is 0 Å². The van der Waals surface area contributed by atoms with Gasteiger partial charge in [0.2, 0.25) is 0 Å². The summed E-state index contributed by atoms with van der Waals surface area (Å²) < 4.78 is 0.422. The second-order valence-electron chi connectivity index (χ2n) is 1.35. The van der Waals surface area contributed by atoms with Gasteiger partial charge in [0.1, 0.15) is 4.32 Å². The van der Waals surface area contributed by atoms with Crippen molar-refractivity contribution in [3.05, 3.63) is 0 Å². The molecule has 0 saturated carbocycles. The zero-order valence-electron chi connectivity index (χ0n) is 4.29. The first-order valence-corrected chi connectivity index (χ1v) is 2.96. The molecule has 0 aliphatic rings. The Morgan fingerprint density at radius 3 is 2.38 bits per heavy atom. The molecule has 0 fully saturated rings. The van der Waals surface area contributed by atoms with Crippen molar-refractivity contribution < 1.29 is 0 Å². The Morgan fingerprint density at radius 1 is 1.75 bits per heavy atom. The van der Waals surface area contributed by atoms with Crippen LogP contribution in [0.25, 0.3) is 0 Å². The van der Waals surface area contributed by atoms with Crippen LogP contribution in [0.5, 0.6) is 0 Å². The second kappa shape index (κ2) is 4.08. The van der Waals surface area contributed by atoms with Gasteiger partial charge in [-0.15, -0.1) is 12.6 Å². The monoisotopic (exact) mass is 151 g/mol. The van der Waals surface area contributed by atoms with Gasteiger partial charge in [-0.05, 0) is 0 Å². The molecule has 48 valence electrons. The van der Waals surface area contributed by atoms with Crippen molar-refractivity contribution in [1.29, 1.82) is 0 Å². The van der Waals surface area contributed by atoms with Crippen LogP contribution in [0.15, 0.2) is 0 Å². The average Bonchev–Trinajstić information content (AvgIpc) is 1.61. The van der Waals surface area contributed by atoms with Crippen LogP contribution in [0.4, 0.5) is 0 Å². The predicted octanol–water partition coefficient (Wildman–Crippen LogP) is -0.966. The second-order valence-corrected chi connectivity index (χ2v) is 2.51. The summed E-state index contributed by atoms with van der Waals surface area (Å²) in [5, 5.41) is 2.69. The lowest BCUT2D eigenvalue weighted by molar-refractivity contribution is 0.681. The molecule has 0 rings (SSSR count). The molecule has 0 unspecified atom stereocenters. The van der Waals surface area contributed by atoms with Crippen LogP contribution in [0.3, 0.4) is 0 Å². The number of hydrogen-bond acceptors (Lipinski definition) is 3. The Labute approximate surface area is 59.2 Å². The summed E-state index contributed by atoms with van der Waals surface area (Å²) in [6.07, 6.45) is -0.361. The molecule has 0 aromatic heterocycles. The van der Waals surface area contributed by atoms with Crippen LogP contribution in [0, 0.1) is 0 Å². The van der Waals surface area contributed by atoms with E-state index in [1.165, 1.54) is 0 Å². The molecule has 0 amide bonds. The summed E-state index contributed by atoms with van der Waals surface area (Å²) in [6, 6.07) is 0. The minimum Gasteiger partial charge on any atom is -0.368 e. The van der Waals surface area contributed by atoms with E-state index in [1.807, 2.05) is 0 Å². The fraction of sp³-hybridized carbons (Fsp3) is 0.667. The Balaban J connectivity index is 3.05. The normalized spacial score (nSPS) is 9.50. The largest absolute Gasteiger partial charge is 0.368 e. The summed E-state index contributed by atoms with van der Waals surface area (Å²) in [5.74, 6) is 0. The van der Waals surface area contributed by atoms with Gasteiger partial charge >= 0.3 is 0 Å². The smallest absolute Gasteiger partial charge is 0.130 e. The topological polar surface area (TPSA) is 64.1 Å². The van der Waals surface area contributed by atoms with Crippen LogP contribution in [0.2, 0.25) is 0 Å². The lowest BCUT2D eigenvalue weighted by Gasteiger charge is -2.04. The van der Waals surface area contributed by atoms with Gasteiger partial charge in [-0.1, -0.05) is 12.2 Å². The van der Waals surface area contributed by atoms with Crippen molar-refractivity contribution in [3.8, 4) is 0 Å². The summed E-state index contributed by atoms with van der Waals surface area (Å²) >= 11 is 8.34. The van der Waals surface area contributed by atoms with Crippen molar-refractivity contribution >= 4 is 29.2 Å². The van der Waals surface area contributed by atoms with Gasteiger partial charge in [0.25, 0.3) is 0 Å². The summed E-state index contributed by atoms with van der Waals surface area (Å²) in [5.41, 5.74) is 10.3. The third-order valence-electron chi connectivity index (χ3n) is 0.489. The van der Waals surface area contributed by atoms with E-state index in [0.29, 0.717) is 10.9 Å². The van der Waals surface area contributed by atoms with Gasteiger partial charge in [-0.2, -0.15) is 0 Å². The molecule has 0 spiro atoms. The molecule has 0 atom stereocenters. The molecule has 0 aromatic carbocycles.